The molecule has 0 spiro atoms. The molecule has 1 saturated heterocycles. The van der Waals surface area contributed by atoms with E-state index in [1.165, 1.54) is 0 Å². The summed E-state index contributed by atoms with van der Waals surface area (Å²) in [5.74, 6) is 0.534. The Labute approximate surface area is 138 Å². The van der Waals surface area contributed by atoms with E-state index in [4.69, 9.17) is 5.73 Å². The molecule has 1 heterocycles. The topological polar surface area (TPSA) is 69.8 Å². The molecular weight excluding hydrogens is 302 g/mol. The van der Waals surface area contributed by atoms with Crippen molar-refractivity contribution in [1.29, 1.82) is 0 Å². The summed E-state index contributed by atoms with van der Waals surface area (Å²) in [5, 5.41) is 9.54. The van der Waals surface area contributed by atoms with Gasteiger partial charge in [0, 0.05) is 37.9 Å². The number of nitrogens with zero attached hydrogens (tertiary/aromatic N) is 2. The van der Waals surface area contributed by atoms with Crippen LogP contribution in [0.1, 0.15) is 20.3 Å². The van der Waals surface area contributed by atoms with Gasteiger partial charge in [0.2, 0.25) is 5.91 Å². The summed E-state index contributed by atoms with van der Waals surface area (Å²) in [5.41, 5.74) is 7.02. The first-order valence-corrected chi connectivity index (χ1v) is 7.61. The summed E-state index contributed by atoms with van der Waals surface area (Å²) in [4.78, 5) is 16.4. The van der Waals surface area contributed by atoms with Gasteiger partial charge in [0.15, 0.2) is 0 Å². The number of piperazine rings is 1. The summed E-state index contributed by atoms with van der Waals surface area (Å²) in [6.45, 7) is 6.96. The number of phenolic OH excluding ortho intramolecular Hbond substituents is 1. The number of rotatable bonds is 4. The molecule has 1 aliphatic rings. The second-order valence-electron chi connectivity index (χ2n) is 5.74. The quantitative estimate of drug-likeness (QED) is 0.885. The first kappa shape index (κ1) is 18.6. The maximum atomic E-state index is 12.3. The smallest absolute Gasteiger partial charge is 0.239 e. The largest absolute Gasteiger partial charge is 0.508 e. The number of carbonyl (C=O) groups is 1. The van der Waals surface area contributed by atoms with Crippen molar-refractivity contribution in [2.45, 2.75) is 26.3 Å². The zero-order chi connectivity index (χ0) is 15.4. The van der Waals surface area contributed by atoms with Crippen molar-refractivity contribution < 1.29 is 9.90 Å². The van der Waals surface area contributed by atoms with Crippen LogP contribution in [0.5, 0.6) is 5.75 Å². The molecule has 2 rings (SSSR count). The van der Waals surface area contributed by atoms with E-state index in [0.29, 0.717) is 13.1 Å². The summed E-state index contributed by atoms with van der Waals surface area (Å²) < 4.78 is 0. The third kappa shape index (κ3) is 4.27. The molecule has 0 radical (unpaired) electrons. The Morgan fingerprint density at radius 2 is 1.95 bits per heavy atom. The van der Waals surface area contributed by atoms with Crippen molar-refractivity contribution in [1.82, 2.24) is 4.90 Å². The van der Waals surface area contributed by atoms with Crippen LogP contribution in [0.15, 0.2) is 24.3 Å². The number of halogens is 1. The molecule has 0 saturated carbocycles. The molecule has 1 fully saturated rings. The fourth-order valence-electron chi connectivity index (χ4n) is 2.58. The number of carbonyl (C=O) groups excluding carboxylic acids is 1. The Morgan fingerprint density at radius 3 is 2.50 bits per heavy atom. The Hall–Kier alpha value is -1.46. The van der Waals surface area contributed by atoms with E-state index in [0.717, 1.165) is 25.2 Å². The van der Waals surface area contributed by atoms with Crippen molar-refractivity contribution in [2.24, 2.45) is 11.7 Å². The van der Waals surface area contributed by atoms with Gasteiger partial charge >= 0.3 is 0 Å². The van der Waals surface area contributed by atoms with Crippen LogP contribution in [-0.4, -0.2) is 48.1 Å². The minimum absolute atomic E-state index is 0. The Bertz CT molecular complexity index is 490. The van der Waals surface area contributed by atoms with Crippen LogP contribution < -0.4 is 10.6 Å². The minimum atomic E-state index is -0.401. The third-order valence-corrected chi connectivity index (χ3v) is 4.33. The molecule has 1 amide bonds. The van der Waals surface area contributed by atoms with Gasteiger partial charge in [-0.05, 0) is 18.1 Å². The average Bonchev–Trinajstić information content (AvgIpc) is 2.53. The third-order valence-electron chi connectivity index (χ3n) is 4.33. The van der Waals surface area contributed by atoms with Crippen LogP contribution in [-0.2, 0) is 4.79 Å². The zero-order valence-electron chi connectivity index (χ0n) is 13.2. The van der Waals surface area contributed by atoms with E-state index in [-0.39, 0.29) is 30.0 Å². The van der Waals surface area contributed by atoms with E-state index in [9.17, 15) is 9.90 Å². The van der Waals surface area contributed by atoms with Crippen molar-refractivity contribution in [3.05, 3.63) is 24.3 Å². The van der Waals surface area contributed by atoms with Crippen molar-refractivity contribution in [2.75, 3.05) is 31.1 Å². The summed E-state index contributed by atoms with van der Waals surface area (Å²) in [6, 6.07) is 6.82. The van der Waals surface area contributed by atoms with Gasteiger partial charge in [-0.25, -0.2) is 0 Å². The number of benzene rings is 1. The fourth-order valence-corrected chi connectivity index (χ4v) is 2.58. The van der Waals surface area contributed by atoms with Gasteiger partial charge < -0.3 is 20.6 Å². The molecule has 2 atom stereocenters. The highest BCUT2D eigenvalue weighted by atomic mass is 35.5. The molecular formula is C16H26ClN3O2. The maximum absolute atomic E-state index is 12.3. The van der Waals surface area contributed by atoms with Crippen molar-refractivity contribution in [3.8, 4) is 5.75 Å². The van der Waals surface area contributed by atoms with Gasteiger partial charge in [-0.1, -0.05) is 26.3 Å². The number of anilines is 1. The Morgan fingerprint density at radius 1 is 1.32 bits per heavy atom. The van der Waals surface area contributed by atoms with Crippen LogP contribution in [0.4, 0.5) is 5.69 Å². The number of aromatic hydroxyl groups is 1. The van der Waals surface area contributed by atoms with Crippen LogP contribution >= 0.6 is 12.4 Å². The van der Waals surface area contributed by atoms with E-state index in [2.05, 4.69) is 11.8 Å². The molecule has 124 valence electrons. The van der Waals surface area contributed by atoms with Crippen LogP contribution in [0.25, 0.3) is 0 Å². The number of nitrogens with two attached hydrogens (primary N) is 1. The number of hydrogen-bond acceptors (Lipinski definition) is 4. The average molecular weight is 328 g/mol. The predicted molar refractivity (Wildman–Crippen MR) is 91.6 cm³/mol. The van der Waals surface area contributed by atoms with E-state index in [1.54, 1.807) is 12.1 Å². The lowest BCUT2D eigenvalue weighted by Gasteiger charge is -2.37. The monoisotopic (exact) mass is 327 g/mol. The molecule has 0 aliphatic carbocycles. The zero-order valence-corrected chi connectivity index (χ0v) is 14.1. The lowest BCUT2D eigenvalue weighted by molar-refractivity contribution is -0.134. The maximum Gasteiger partial charge on any atom is 0.239 e. The molecule has 2 unspecified atom stereocenters. The second-order valence-corrected chi connectivity index (χ2v) is 5.74. The van der Waals surface area contributed by atoms with Gasteiger partial charge in [-0.15, -0.1) is 12.4 Å². The number of phenols is 1. The highest BCUT2D eigenvalue weighted by Gasteiger charge is 2.27. The molecule has 0 aromatic heterocycles. The first-order valence-electron chi connectivity index (χ1n) is 7.61. The molecule has 1 aromatic carbocycles. The predicted octanol–water partition coefficient (Wildman–Crippen LogP) is 1.84. The molecule has 6 heteroatoms. The minimum Gasteiger partial charge on any atom is -0.508 e. The van der Waals surface area contributed by atoms with Gasteiger partial charge in [-0.3, -0.25) is 4.79 Å². The molecule has 0 bridgehead atoms. The SMILES string of the molecule is CCC(C)C(N)C(=O)N1CCN(c2cccc(O)c2)CC1.Cl. The standard InChI is InChI=1S/C16H25N3O2.ClH/c1-3-12(2)15(17)16(21)19-9-7-18(8-10-19)13-5-4-6-14(20)11-13;/h4-6,11-12,15,20H,3,7-10,17H2,1-2H3;1H. The van der Waals surface area contributed by atoms with Crippen LogP contribution in [0, 0.1) is 5.92 Å². The Balaban J connectivity index is 0.00000242. The summed E-state index contributed by atoms with van der Waals surface area (Å²) in [6.07, 6.45) is 0.913. The van der Waals surface area contributed by atoms with Gasteiger partial charge in [0.1, 0.15) is 5.75 Å². The summed E-state index contributed by atoms with van der Waals surface area (Å²) in [7, 11) is 0. The molecule has 5 nitrogen and oxygen atoms in total. The number of hydrogen-bond donors (Lipinski definition) is 2. The van der Waals surface area contributed by atoms with E-state index in [1.807, 2.05) is 24.0 Å². The van der Waals surface area contributed by atoms with Crippen molar-refractivity contribution >= 4 is 24.0 Å². The fraction of sp³-hybridized carbons (Fsp3) is 0.562. The highest BCUT2D eigenvalue weighted by Crippen LogP contribution is 2.21. The highest BCUT2D eigenvalue weighted by molar-refractivity contribution is 5.85. The molecule has 3 N–H and O–H groups in total. The van der Waals surface area contributed by atoms with Crippen molar-refractivity contribution in [3.63, 3.8) is 0 Å². The molecule has 1 aromatic rings. The van der Waals surface area contributed by atoms with Gasteiger partial charge in [0.25, 0.3) is 0 Å². The first-order chi connectivity index (χ1) is 10.0. The second kappa shape index (κ2) is 8.25. The van der Waals surface area contributed by atoms with E-state index >= 15 is 0 Å². The van der Waals surface area contributed by atoms with Crippen LogP contribution in [0.2, 0.25) is 0 Å². The normalized spacial score (nSPS) is 17.6. The van der Waals surface area contributed by atoms with Gasteiger partial charge in [-0.2, -0.15) is 0 Å². The molecule has 22 heavy (non-hydrogen) atoms. The van der Waals surface area contributed by atoms with Gasteiger partial charge in [0.05, 0.1) is 6.04 Å². The lowest BCUT2D eigenvalue weighted by Crippen LogP contribution is -2.54. The molecule has 1 aliphatic heterocycles. The Kier molecular flexibility index (Phi) is 6.97. The van der Waals surface area contributed by atoms with Crippen LogP contribution in [0.3, 0.4) is 0 Å². The van der Waals surface area contributed by atoms with E-state index < -0.39 is 6.04 Å². The lowest BCUT2D eigenvalue weighted by atomic mass is 9.98. The summed E-state index contributed by atoms with van der Waals surface area (Å²) >= 11 is 0. The number of amides is 1.